The number of anilines is 1. The lowest BCUT2D eigenvalue weighted by Gasteiger charge is -2.10. The maximum Gasteiger partial charge on any atom is 0.335 e. The first kappa shape index (κ1) is 18.5. The highest BCUT2D eigenvalue weighted by molar-refractivity contribution is 5.95. The number of benzene rings is 2. The van der Waals surface area contributed by atoms with Crippen LogP contribution in [0.3, 0.4) is 0 Å². The number of ether oxygens (including phenoxy) is 2. The van der Waals surface area contributed by atoms with Crippen molar-refractivity contribution in [1.29, 1.82) is 0 Å². The molecule has 6 heteroatoms. The van der Waals surface area contributed by atoms with Crippen LogP contribution < -0.4 is 10.1 Å². The third-order valence-electron chi connectivity index (χ3n) is 3.67. The number of carbonyl (C=O) groups excluding carboxylic acids is 1. The summed E-state index contributed by atoms with van der Waals surface area (Å²) >= 11 is 0. The number of nitrogens with one attached hydrogen (secondary N) is 1. The van der Waals surface area contributed by atoms with E-state index in [-0.39, 0.29) is 24.5 Å². The first-order chi connectivity index (χ1) is 11.9. The Balaban J connectivity index is 2.15. The summed E-state index contributed by atoms with van der Waals surface area (Å²) in [5.41, 5.74) is 3.00. The van der Waals surface area contributed by atoms with Gasteiger partial charge in [-0.05, 0) is 47.9 Å². The predicted molar refractivity (Wildman–Crippen MR) is 94.2 cm³/mol. The van der Waals surface area contributed by atoms with Gasteiger partial charge in [-0.2, -0.15) is 0 Å². The third kappa shape index (κ3) is 5.06. The quantitative estimate of drug-likeness (QED) is 0.807. The van der Waals surface area contributed by atoms with Crippen LogP contribution in [-0.4, -0.2) is 31.2 Å². The van der Waals surface area contributed by atoms with Gasteiger partial charge in [0.2, 0.25) is 5.91 Å². The second-order valence-electron chi connectivity index (χ2n) is 5.69. The molecule has 6 nitrogen and oxygen atoms in total. The zero-order valence-electron chi connectivity index (χ0n) is 14.5. The minimum atomic E-state index is -1.06. The number of rotatable bonds is 7. The summed E-state index contributed by atoms with van der Waals surface area (Å²) in [6, 6.07) is 10.2. The van der Waals surface area contributed by atoms with Crippen LogP contribution in [0.25, 0.3) is 0 Å². The fourth-order valence-corrected chi connectivity index (χ4v) is 2.50. The topological polar surface area (TPSA) is 84.9 Å². The summed E-state index contributed by atoms with van der Waals surface area (Å²) in [6.45, 7) is 2.19. The molecule has 132 valence electrons. The molecule has 0 saturated heterocycles. The summed E-state index contributed by atoms with van der Waals surface area (Å²) in [7, 11) is 3.11. The van der Waals surface area contributed by atoms with Crippen molar-refractivity contribution in [2.75, 3.05) is 19.5 Å². The fourth-order valence-electron chi connectivity index (χ4n) is 2.50. The molecule has 0 aromatic heterocycles. The van der Waals surface area contributed by atoms with E-state index in [0.717, 1.165) is 16.9 Å². The van der Waals surface area contributed by atoms with E-state index >= 15 is 0 Å². The van der Waals surface area contributed by atoms with Crippen molar-refractivity contribution in [3.8, 4) is 5.75 Å². The smallest absolute Gasteiger partial charge is 0.335 e. The van der Waals surface area contributed by atoms with E-state index in [0.29, 0.717) is 11.3 Å². The summed E-state index contributed by atoms with van der Waals surface area (Å²) in [6.07, 6.45) is 0.160. The standard InChI is InChI=1S/C19H21NO5/c1-12-4-5-13(8-17(12)25-3)9-18(21)20-16-7-14(11-24-2)6-15(10-16)19(22)23/h4-8,10H,9,11H2,1-3H3,(H,20,21)(H,22,23). The van der Waals surface area contributed by atoms with Crippen LogP contribution in [0.5, 0.6) is 5.75 Å². The van der Waals surface area contributed by atoms with E-state index in [2.05, 4.69) is 5.32 Å². The lowest BCUT2D eigenvalue weighted by atomic mass is 10.1. The molecule has 2 aromatic carbocycles. The average Bonchev–Trinajstić information content (AvgIpc) is 2.56. The number of carboxylic acid groups (broad SMARTS) is 1. The highest BCUT2D eigenvalue weighted by Crippen LogP contribution is 2.20. The molecule has 0 spiro atoms. The van der Waals surface area contributed by atoms with Crippen molar-refractivity contribution in [3.05, 3.63) is 58.7 Å². The van der Waals surface area contributed by atoms with Gasteiger partial charge in [-0.25, -0.2) is 4.79 Å². The molecule has 0 unspecified atom stereocenters. The number of methoxy groups -OCH3 is 2. The van der Waals surface area contributed by atoms with Crippen LogP contribution in [-0.2, 0) is 22.6 Å². The Bertz CT molecular complexity index is 785. The second kappa shape index (κ2) is 8.30. The molecule has 0 bridgehead atoms. The zero-order valence-corrected chi connectivity index (χ0v) is 14.5. The Labute approximate surface area is 146 Å². The van der Waals surface area contributed by atoms with Gasteiger partial charge in [-0.15, -0.1) is 0 Å². The number of hydrogen-bond donors (Lipinski definition) is 2. The Hall–Kier alpha value is -2.86. The van der Waals surface area contributed by atoms with Gasteiger partial charge in [0.15, 0.2) is 0 Å². The SMILES string of the molecule is COCc1cc(NC(=O)Cc2ccc(C)c(OC)c2)cc(C(=O)O)c1. The van der Waals surface area contributed by atoms with Gasteiger partial charge in [0, 0.05) is 12.8 Å². The number of hydrogen-bond acceptors (Lipinski definition) is 4. The number of aromatic carboxylic acids is 1. The van der Waals surface area contributed by atoms with Crippen LogP contribution in [0.1, 0.15) is 27.0 Å². The molecule has 0 aliphatic heterocycles. The Kier molecular flexibility index (Phi) is 6.14. The van der Waals surface area contributed by atoms with Crippen LogP contribution in [0.4, 0.5) is 5.69 Å². The van der Waals surface area contributed by atoms with Crippen molar-refractivity contribution >= 4 is 17.6 Å². The summed E-state index contributed by atoms with van der Waals surface area (Å²) < 4.78 is 10.3. The molecular formula is C19H21NO5. The normalized spacial score (nSPS) is 10.4. The minimum Gasteiger partial charge on any atom is -0.496 e. The van der Waals surface area contributed by atoms with Crippen LogP contribution in [0.15, 0.2) is 36.4 Å². The first-order valence-electron chi connectivity index (χ1n) is 7.72. The van der Waals surface area contributed by atoms with Crippen LogP contribution in [0.2, 0.25) is 0 Å². The van der Waals surface area contributed by atoms with Crippen molar-refractivity contribution in [2.24, 2.45) is 0 Å². The summed E-state index contributed by atoms with van der Waals surface area (Å²) in [5, 5.41) is 11.9. The van der Waals surface area contributed by atoms with E-state index < -0.39 is 5.97 Å². The molecule has 0 atom stereocenters. The predicted octanol–water partition coefficient (Wildman–Crippen LogP) is 3.03. The molecule has 0 aliphatic rings. The average molecular weight is 343 g/mol. The van der Waals surface area contributed by atoms with Gasteiger partial charge in [0.25, 0.3) is 0 Å². The van der Waals surface area contributed by atoms with E-state index in [9.17, 15) is 14.7 Å². The van der Waals surface area contributed by atoms with E-state index in [4.69, 9.17) is 9.47 Å². The van der Waals surface area contributed by atoms with Crippen LogP contribution in [0, 0.1) is 6.92 Å². The van der Waals surface area contributed by atoms with Gasteiger partial charge in [0.05, 0.1) is 25.7 Å². The number of carboxylic acids is 1. The molecule has 2 aromatic rings. The number of amides is 1. The Morgan fingerprint density at radius 3 is 2.48 bits per heavy atom. The van der Waals surface area contributed by atoms with Gasteiger partial charge in [-0.3, -0.25) is 4.79 Å². The van der Waals surface area contributed by atoms with Gasteiger partial charge >= 0.3 is 5.97 Å². The fraction of sp³-hybridized carbons (Fsp3) is 0.263. The lowest BCUT2D eigenvalue weighted by Crippen LogP contribution is -2.15. The summed E-state index contributed by atoms with van der Waals surface area (Å²) in [4.78, 5) is 23.5. The Morgan fingerprint density at radius 1 is 1.08 bits per heavy atom. The molecule has 2 N–H and O–H groups in total. The van der Waals surface area contributed by atoms with Gasteiger partial charge in [-0.1, -0.05) is 12.1 Å². The molecule has 0 heterocycles. The second-order valence-corrected chi connectivity index (χ2v) is 5.69. The summed E-state index contributed by atoms with van der Waals surface area (Å²) in [5.74, 6) is -0.575. The highest BCUT2D eigenvalue weighted by atomic mass is 16.5. The van der Waals surface area contributed by atoms with Gasteiger partial charge < -0.3 is 19.9 Å². The number of carbonyl (C=O) groups is 2. The van der Waals surface area contributed by atoms with Crippen molar-refractivity contribution < 1.29 is 24.2 Å². The molecular weight excluding hydrogens is 322 g/mol. The zero-order chi connectivity index (χ0) is 18.4. The van der Waals surface area contributed by atoms with Crippen molar-refractivity contribution in [1.82, 2.24) is 0 Å². The Morgan fingerprint density at radius 2 is 1.84 bits per heavy atom. The van der Waals surface area contributed by atoms with E-state index in [1.54, 1.807) is 13.2 Å². The molecule has 1 amide bonds. The van der Waals surface area contributed by atoms with Gasteiger partial charge in [0.1, 0.15) is 5.75 Å². The molecule has 2 rings (SSSR count). The third-order valence-corrected chi connectivity index (χ3v) is 3.67. The number of aryl methyl sites for hydroxylation is 1. The maximum absolute atomic E-state index is 12.3. The largest absolute Gasteiger partial charge is 0.496 e. The van der Waals surface area contributed by atoms with Crippen LogP contribution >= 0.6 is 0 Å². The maximum atomic E-state index is 12.3. The molecule has 0 saturated carbocycles. The molecule has 0 radical (unpaired) electrons. The lowest BCUT2D eigenvalue weighted by molar-refractivity contribution is -0.115. The highest BCUT2D eigenvalue weighted by Gasteiger charge is 2.11. The minimum absolute atomic E-state index is 0.0989. The molecule has 0 fully saturated rings. The first-order valence-corrected chi connectivity index (χ1v) is 7.72. The van der Waals surface area contributed by atoms with Crippen molar-refractivity contribution in [3.63, 3.8) is 0 Å². The molecule has 25 heavy (non-hydrogen) atoms. The van der Waals surface area contributed by atoms with Crippen molar-refractivity contribution in [2.45, 2.75) is 20.0 Å². The monoisotopic (exact) mass is 343 g/mol. The van der Waals surface area contributed by atoms with E-state index in [1.165, 1.54) is 19.2 Å². The molecule has 0 aliphatic carbocycles. The van der Waals surface area contributed by atoms with E-state index in [1.807, 2.05) is 25.1 Å².